The van der Waals surface area contributed by atoms with Gasteiger partial charge in [0.15, 0.2) is 0 Å². The van der Waals surface area contributed by atoms with Gasteiger partial charge in [0.25, 0.3) is 5.91 Å². The summed E-state index contributed by atoms with van der Waals surface area (Å²) < 4.78 is 0. The van der Waals surface area contributed by atoms with Gasteiger partial charge in [-0.25, -0.2) is 0 Å². The number of thiophene rings is 1. The topological polar surface area (TPSA) is 41.1 Å². The standard InChI is InChI=1S/C18H24N2OS/c1-4-13(2)20-18(21)16-8-5-7-15(11-16)12-19-14(3)17-9-6-10-22-17/h5-11,13-14,19H,4,12H2,1-3H3,(H,20,21). The Bertz CT molecular complexity index is 595. The highest BCUT2D eigenvalue weighted by molar-refractivity contribution is 7.10. The molecule has 0 aliphatic carbocycles. The van der Waals surface area contributed by atoms with Crippen LogP contribution in [0.1, 0.15) is 54.0 Å². The van der Waals surface area contributed by atoms with Crippen LogP contribution < -0.4 is 10.6 Å². The third-order valence-electron chi connectivity index (χ3n) is 3.76. The minimum absolute atomic E-state index is 0.00232. The monoisotopic (exact) mass is 316 g/mol. The van der Waals surface area contributed by atoms with E-state index in [1.54, 1.807) is 11.3 Å². The van der Waals surface area contributed by atoms with Crippen molar-refractivity contribution in [1.29, 1.82) is 0 Å². The number of amides is 1. The molecule has 2 aromatic rings. The Morgan fingerprint density at radius 1 is 1.23 bits per heavy atom. The fourth-order valence-corrected chi connectivity index (χ4v) is 2.90. The van der Waals surface area contributed by atoms with Crippen LogP contribution in [0.25, 0.3) is 0 Å². The van der Waals surface area contributed by atoms with Crippen LogP contribution in [0.4, 0.5) is 0 Å². The fraction of sp³-hybridized carbons (Fsp3) is 0.389. The highest BCUT2D eigenvalue weighted by Crippen LogP contribution is 2.18. The van der Waals surface area contributed by atoms with Gasteiger partial charge >= 0.3 is 0 Å². The molecule has 2 unspecified atom stereocenters. The summed E-state index contributed by atoms with van der Waals surface area (Å²) in [5.41, 5.74) is 1.85. The van der Waals surface area contributed by atoms with Crippen LogP contribution in [-0.2, 0) is 6.54 Å². The molecular formula is C18H24N2OS. The van der Waals surface area contributed by atoms with Crippen molar-refractivity contribution in [2.75, 3.05) is 0 Å². The predicted octanol–water partition coefficient (Wildman–Crippen LogP) is 4.13. The van der Waals surface area contributed by atoms with Gasteiger partial charge in [-0.05, 0) is 49.4 Å². The van der Waals surface area contributed by atoms with Crippen molar-refractivity contribution in [2.45, 2.75) is 45.8 Å². The Morgan fingerprint density at radius 3 is 2.73 bits per heavy atom. The second-order valence-electron chi connectivity index (χ2n) is 5.60. The van der Waals surface area contributed by atoms with Crippen molar-refractivity contribution in [3.8, 4) is 0 Å². The molecule has 1 amide bonds. The quantitative estimate of drug-likeness (QED) is 0.806. The average molecular weight is 316 g/mol. The maximum atomic E-state index is 12.2. The number of benzene rings is 1. The van der Waals surface area contributed by atoms with Crippen molar-refractivity contribution in [1.82, 2.24) is 10.6 Å². The van der Waals surface area contributed by atoms with Crippen LogP contribution in [0.2, 0.25) is 0 Å². The number of hydrogen-bond acceptors (Lipinski definition) is 3. The summed E-state index contributed by atoms with van der Waals surface area (Å²) in [5.74, 6) is 0.00232. The first-order valence-corrected chi connectivity index (χ1v) is 8.64. The Kier molecular flexibility index (Phi) is 6.16. The zero-order chi connectivity index (χ0) is 15.9. The second-order valence-corrected chi connectivity index (χ2v) is 6.58. The first-order valence-electron chi connectivity index (χ1n) is 7.76. The molecule has 2 atom stereocenters. The van der Waals surface area contributed by atoms with Gasteiger partial charge in [0.2, 0.25) is 0 Å². The number of hydrogen-bond donors (Lipinski definition) is 2. The molecule has 2 N–H and O–H groups in total. The van der Waals surface area contributed by atoms with Crippen molar-refractivity contribution in [3.05, 3.63) is 57.8 Å². The molecular weight excluding hydrogens is 292 g/mol. The Labute approximate surface area is 136 Å². The van der Waals surface area contributed by atoms with Crippen molar-refractivity contribution < 1.29 is 4.79 Å². The van der Waals surface area contributed by atoms with E-state index >= 15 is 0 Å². The number of carbonyl (C=O) groups excluding carboxylic acids is 1. The van der Waals surface area contributed by atoms with Gasteiger partial charge in [-0.2, -0.15) is 0 Å². The maximum Gasteiger partial charge on any atom is 0.251 e. The molecule has 0 bridgehead atoms. The number of rotatable bonds is 7. The molecule has 1 aromatic carbocycles. The molecule has 0 radical (unpaired) electrons. The van der Waals surface area contributed by atoms with Gasteiger partial charge in [-0.15, -0.1) is 11.3 Å². The van der Waals surface area contributed by atoms with E-state index in [-0.39, 0.29) is 11.9 Å². The first-order chi connectivity index (χ1) is 10.6. The van der Waals surface area contributed by atoms with Crippen LogP contribution in [0.15, 0.2) is 41.8 Å². The van der Waals surface area contributed by atoms with E-state index in [1.807, 2.05) is 31.2 Å². The van der Waals surface area contributed by atoms with E-state index < -0.39 is 0 Å². The lowest BCUT2D eigenvalue weighted by atomic mass is 10.1. The number of carbonyl (C=O) groups is 1. The van der Waals surface area contributed by atoms with Gasteiger partial charge in [0.1, 0.15) is 0 Å². The van der Waals surface area contributed by atoms with Crippen LogP contribution >= 0.6 is 11.3 Å². The van der Waals surface area contributed by atoms with E-state index in [0.717, 1.165) is 24.1 Å². The smallest absolute Gasteiger partial charge is 0.251 e. The van der Waals surface area contributed by atoms with Crippen molar-refractivity contribution >= 4 is 17.2 Å². The molecule has 1 heterocycles. The Morgan fingerprint density at radius 2 is 2.05 bits per heavy atom. The van der Waals surface area contributed by atoms with E-state index in [4.69, 9.17) is 0 Å². The molecule has 2 rings (SSSR count). The summed E-state index contributed by atoms with van der Waals surface area (Å²) >= 11 is 1.76. The first kappa shape index (κ1) is 16.7. The Hall–Kier alpha value is -1.65. The molecule has 0 fully saturated rings. The van der Waals surface area contributed by atoms with E-state index in [2.05, 4.69) is 42.0 Å². The summed E-state index contributed by atoms with van der Waals surface area (Å²) in [5, 5.41) is 8.59. The third kappa shape index (κ3) is 4.68. The van der Waals surface area contributed by atoms with Crippen LogP contribution in [0, 0.1) is 0 Å². The molecule has 22 heavy (non-hydrogen) atoms. The van der Waals surface area contributed by atoms with Gasteiger partial charge in [0.05, 0.1) is 0 Å². The van der Waals surface area contributed by atoms with E-state index in [1.165, 1.54) is 4.88 Å². The molecule has 4 heteroatoms. The van der Waals surface area contributed by atoms with Crippen LogP contribution in [0.3, 0.4) is 0 Å². The van der Waals surface area contributed by atoms with Crippen LogP contribution in [-0.4, -0.2) is 11.9 Å². The molecule has 0 spiro atoms. The molecule has 0 saturated carbocycles. The van der Waals surface area contributed by atoms with Gasteiger partial charge < -0.3 is 10.6 Å². The second kappa shape index (κ2) is 8.11. The summed E-state index contributed by atoms with van der Waals surface area (Å²) in [6.07, 6.45) is 0.936. The predicted molar refractivity (Wildman–Crippen MR) is 93.2 cm³/mol. The highest BCUT2D eigenvalue weighted by Gasteiger charge is 2.10. The molecule has 118 valence electrons. The maximum absolute atomic E-state index is 12.2. The molecule has 3 nitrogen and oxygen atoms in total. The summed E-state index contributed by atoms with van der Waals surface area (Å²) in [6, 6.07) is 12.5. The molecule has 0 aliphatic rings. The lowest BCUT2D eigenvalue weighted by Gasteiger charge is -2.14. The van der Waals surface area contributed by atoms with Gasteiger partial charge in [0, 0.05) is 29.1 Å². The highest BCUT2D eigenvalue weighted by atomic mass is 32.1. The molecule has 0 aliphatic heterocycles. The summed E-state index contributed by atoms with van der Waals surface area (Å²) in [7, 11) is 0. The van der Waals surface area contributed by atoms with Crippen molar-refractivity contribution in [3.63, 3.8) is 0 Å². The van der Waals surface area contributed by atoms with Gasteiger partial charge in [-0.1, -0.05) is 25.1 Å². The van der Waals surface area contributed by atoms with Gasteiger partial charge in [-0.3, -0.25) is 4.79 Å². The average Bonchev–Trinajstić information content (AvgIpc) is 3.07. The summed E-state index contributed by atoms with van der Waals surface area (Å²) in [6.45, 7) is 7.00. The molecule has 1 aromatic heterocycles. The minimum Gasteiger partial charge on any atom is -0.350 e. The van der Waals surface area contributed by atoms with E-state index in [0.29, 0.717) is 6.04 Å². The lowest BCUT2D eigenvalue weighted by molar-refractivity contribution is 0.0939. The van der Waals surface area contributed by atoms with Crippen LogP contribution in [0.5, 0.6) is 0 Å². The summed E-state index contributed by atoms with van der Waals surface area (Å²) in [4.78, 5) is 13.5. The van der Waals surface area contributed by atoms with E-state index in [9.17, 15) is 4.79 Å². The SMILES string of the molecule is CCC(C)NC(=O)c1cccc(CNC(C)c2cccs2)c1. The zero-order valence-electron chi connectivity index (χ0n) is 13.4. The largest absolute Gasteiger partial charge is 0.350 e. The van der Waals surface area contributed by atoms with Crippen molar-refractivity contribution in [2.24, 2.45) is 0 Å². The molecule has 0 saturated heterocycles. The Balaban J connectivity index is 1.95. The zero-order valence-corrected chi connectivity index (χ0v) is 14.2. The fourth-order valence-electron chi connectivity index (χ4n) is 2.14. The third-order valence-corrected chi connectivity index (χ3v) is 4.82. The normalized spacial score (nSPS) is 13.6. The lowest BCUT2D eigenvalue weighted by Crippen LogP contribution is -2.32. The minimum atomic E-state index is 0.00232. The number of nitrogens with one attached hydrogen (secondary N) is 2.